The summed E-state index contributed by atoms with van der Waals surface area (Å²) in [6, 6.07) is 4.00. The van der Waals surface area contributed by atoms with E-state index in [-0.39, 0.29) is 5.56 Å². The van der Waals surface area contributed by atoms with Crippen molar-refractivity contribution in [1.82, 2.24) is 0 Å². The Labute approximate surface area is 137 Å². The van der Waals surface area contributed by atoms with Crippen molar-refractivity contribution in [3.63, 3.8) is 0 Å². The molecular formula is C16H18O8. The van der Waals surface area contributed by atoms with E-state index in [0.29, 0.717) is 18.4 Å². The molecule has 130 valence electrons. The smallest absolute Gasteiger partial charge is 0.340 e. The van der Waals surface area contributed by atoms with Gasteiger partial charge in [-0.15, -0.1) is 0 Å². The van der Waals surface area contributed by atoms with Crippen molar-refractivity contribution in [2.45, 2.75) is 38.4 Å². The number of ketones is 2. The molecule has 0 spiro atoms. The third-order valence-corrected chi connectivity index (χ3v) is 3.43. The van der Waals surface area contributed by atoms with Gasteiger partial charge in [0.2, 0.25) is 23.8 Å². The number of hydrogen-bond donors (Lipinski definition) is 4. The molecule has 4 N–H and O–H groups in total. The van der Waals surface area contributed by atoms with Gasteiger partial charge in [0.25, 0.3) is 0 Å². The summed E-state index contributed by atoms with van der Waals surface area (Å²) in [6.45, 7) is 1.89. The fourth-order valence-electron chi connectivity index (χ4n) is 2.18. The first-order valence-electron chi connectivity index (χ1n) is 7.24. The van der Waals surface area contributed by atoms with Gasteiger partial charge in [-0.3, -0.25) is 9.59 Å². The highest BCUT2D eigenvalue weighted by atomic mass is 16.4. The number of aliphatic hydroxyl groups is 2. The number of hydrogen-bond acceptors (Lipinski definition) is 6. The maximum atomic E-state index is 12.3. The Balaban J connectivity index is 3.48. The summed E-state index contributed by atoms with van der Waals surface area (Å²) in [4.78, 5) is 46.1. The Hall–Kier alpha value is -2.58. The molecule has 1 aromatic carbocycles. The van der Waals surface area contributed by atoms with Crippen LogP contribution >= 0.6 is 0 Å². The Kier molecular flexibility index (Phi) is 6.75. The molecule has 0 amide bonds. The molecule has 0 saturated carbocycles. The summed E-state index contributed by atoms with van der Waals surface area (Å²) >= 11 is 0. The van der Waals surface area contributed by atoms with Gasteiger partial charge in [0.1, 0.15) is 0 Å². The van der Waals surface area contributed by atoms with Crippen molar-refractivity contribution >= 4 is 23.5 Å². The van der Waals surface area contributed by atoms with E-state index in [2.05, 4.69) is 0 Å². The standard InChI is InChI=1S/C16H18O8/c1-2-3-5-8-6-4-7-9(11(17)13(19)15(21)22)10(8)12(18)14(20)16(23)24/h4,6-7,13-14,19-20H,2-3,5H2,1H3,(H,21,22)(H,23,24). The van der Waals surface area contributed by atoms with Gasteiger partial charge in [-0.25, -0.2) is 9.59 Å². The SMILES string of the molecule is CCCCc1cccc(C(=O)C(O)C(=O)O)c1C(=O)C(O)C(=O)O. The molecule has 8 nitrogen and oxygen atoms in total. The molecule has 2 atom stereocenters. The normalized spacial score (nSPS) is 13.1. The lowest BCUT2D eigenvalue weighted by molar-refractivity contribution is -0.144. The molecule has 2 unspecified atom stereocenters. The summed E-state index contributed by atoms with van der Waals surface area (Å²) < 4.78 is 0. The van der Waals surface area contributed by atoms with Crippen LogP contribution in [0.1, 0.15) is 46.0 Å². The fraction of sp³-hybridized carbons (Fsp3) is 0.375. The van der Waals surface area contributed by atoms with Gasteiger partial charge in [-0.1, -0.05) is 31.5 Å². The van der Waals surface area contributed by atoms with E-state index in [4.69, 9.17) is 10.2 Å². The summed E-state index contributed by atoms with van der Waals surface area (Å²) in [5, 5.41) is 36.5. The van der Waals surface area contributed by atoms with Gasteiger partial charge < -0.3 is 20.4 Å². The number of benzene rings is 1. The van der Waals surface area contributed by atoms with Crippen LogP contribution < -0.4 is 0 Å². The van der Waals surface area contributed by atoms with Crippen LogP contribution in [0, 0.1) is 0 Å². The number of carboxylic acids is 2. The number of aryl methyl sites for hydroxylation is 1. The van der Waals surface area contributed by atoms with Crippen LogP contribution in [0.25, 0.3) is 0 Å². The zero-order valence-corrected chi connectivity index (χ0v) is 12.9. The lowest BCUT2D eigenvalue weighted by atomic mass is 9.89. The molecule has 0 aliphatic carbocycles. The zero-order chi connectivity index (χ0) is 18.4. The van der Waals surface area contributed by atoms with E-state index < -0.39 is 41.3 Å². The molecule has 0 radical (unpaired) electrons. The van der Waals surface area contributed by atoms with Crippen molar-refractivity contribution in [2.75, 3.05) is 0 Å². The molecule has 8 heteroatoms. The first-order valence-corrected chi connectivity index (χ1v) is 7.24. The minimum Gasteiger partial charge on any atom is -0.479 e. The highest BCUT2D eigenvalue weighted by Crippen LogP contribution is 2.21. The van der Waals surface area contributed by atoms with Crippen LogP contribution in [-0.2, 0) is 16.0 Å². The Morgan fingerprint density at radius 2 is 1.50 bits per heavy atom. The molecular weight excluding hydrogens is 320 g/mol. The molecule has 24 heavy (non-hydrogen) atoms. The molecule has 0 aliphatic heterocycles. The van der Waals surface area contributed by atoms with E-state index in [1.165, 1.54) is 12.1 Å². The number of carboxylic acid groups (broad SMARTS) is 2. The van der Waals surface area contributed by atoms with Crippen LogP contribution in [-0.4, -0.2) is 56.1 Å². The fourth-order valence-corrected chi connectivity index (χ4v) is 2.18. The number of aliphatic carboxylic acids is 2. The van der Waals surface area contributed by atoms with E-state index in [9.17, 15) is 29.4 Å². The lowest BCUT2D eigenvalue weighted by Gasteiger charge is -2.15. The topological polar surface area (TPSA) is 149 Å². The average molecular weight is 338 g/mol. The molecule has 0 fully saturated rings. The number of rotatable bonds is 9. The van der Waals surface area contributed by atoms with Gasteiger partial charge >= 0.3 is 11.9 Å². The second-order valence-electron chi connectivity index (χ2n) is 5.15. The maximum absolute atomic E-state index is 12.3. The van der Waals surface area contributed by atoms with Crippen LogP contribution in [0.3, 0.4) is 0 Å². The van der Waals surface area contributed by atoms with Gasteiger partial charge in [-0.05, 0) is 18.4 Å². The highest BCUT2D eigenvalue weighted by Gasteiger charge is 2.33. The molecule has 0 bridgehead atoms. The van der Waals surface area contributed by atoms with Gasteiger partial charge in [0.05, 0.1) is 0 Å². The Morgan fingerprint density at radius 1 is 0.958 bits per heavy atom. The zero-order valence-electron chi connectivity index (χ0n) is 12.9. The monoisotopic (exact) mass is 338 g/mol. The van der Waals surface area contributed by atoms with Crippen molar-refractivity contribution in [3.05, 3.63) is 34.9 Å². The van der Waals surface area contributed by atoms with Crippen LogP contribution in [0.2, 0.25) is 0 Å². The number of aliphatic hydroxyl groups excluding tert-OH is 2. The maximum Gasteiger partial charge on any atom is 0.340 e. The largest absolute Gasteiger partial charge is 0.479 e. The van der Waals surface area contributed by atoms with Gasteiger partial charge in [0.15, 0.2) is 0 Å². The predicted octanol–water partition coefficient (Wildman–Crippen LogP) is 0.286. The molecule has 0 saturated heterocycles. The van der Waals surface area contributed by atoms with Crippen LogP contribution in [0.4, 0.5) is 0 Å². The molecule has 0 heterocycles. The quantitative estimate of drug-likeness (QED) is 0.370. The summed E-state index contributed by atoms with van der Waals surface area (Å²) in [5.74, 6) is -6.06. The van der Waals surface area contributed by atoms with Crippen molar-refractivity contribution in [1.29, 1.82) is 0 Å². The number of Topliss-reactive ketones (excluding diaryl/α,β-unsaturated/α-hetero) is 2. The second kappa shape index (κ2) is 8.32. The summed E-state index contributed by atoms with van der Waals surface area (Å²) in [6.07, 6.45) is -3.07. The number of carbonyl (C=O) groups is 4. The molecule has 0 aromatic heterocycles. The Bertz CT molecular complexity index is 664. The molecule has 1 rings (SSSR count). The van der Waals surface area contributed by atoms with E-state index in [0.717, 1.165) is 12.5 Å². The van der Waals surface area contributed by atoms with E-state index in [1.54, 1.807) is 0 Å². The summed E-state index contributed by atoms with van der Waals surface area (Å²) in [5.41, 5.74) is -0.486. The first-order chi connectivity index (χ1) is 11.2. The van der Waals surface area contributed by atoms with Crippen molar-refractivity contribution in [3.8, 4) is 0 Å². The van der Waals surface area contributed by atoms with E-state index in [1.807, 2.05) is 6.92 Å². The number of carbonyl (C=O) groups excluding carboxylic acids is 2. The minimum atomic E-state index is -2.39. The minimum absolute atomic E-state index is 0.311. The molecule has 0 aliphatic rings. The first kappa shape index (κ1) is 19.5. The van der Waals surface area contributed by atoms with Crippen molar-refractivity contribution in [2.24, 2.45) is 0 Å². The predicted molar refractivity (Wildman–Crippen MR) is 81.0 cm³/mol. The van der Waals surface area contributed by atoms with Gasteiger partial charge in [0, 0.05) is 11.1 Å². The third kappa shape index (κ3) is 4.24. The second-order valence-corrected chi connectivity index (χ2v) is 5.15. The van der Waals surface area contributed by atoms with Crippen LogP contribution in [0.15, 0.2) is 18.2 Å². The summed E-state index contributed by atoms with van der Waals surface area (Å²) in [7, 11) is 0. The highest BCUT2D eigenvalue weighted by molar-refractivity contribution is 6.20. The lowest BCUT2D eigenvalue weighted by Crippen LogP contribution is -2.35. The third-order valence-electron chi connectivity index (χ3n) is 3.43. The van der Waals surface area contributed by atoms with Crippen molar-refractivity contribution < 1.29 is 39.6 Å². The Morgan fingerprint density at radius 3 is 2.00 bits per heavy atom. The molecule has 1 aromatic rings. The van der Waals surface area contributed by atoms with Gasteiger partial charge in [-0.2, -0.15) is 0 Å². The van der Waals surface area contributed by atoms with E-state index >= 15 is 0 Å². The van der Waals surface area contributed by atoms with Crippen LogP contribution in [0.5, 0.6) is 0 Å². The average Bonchev–Trinajstić information content (AvgIpc) is 2.56. The number of unbranched alkanes of at least 4 members (excludes halogenated alkanes) is 1.